The molecule has 2 heterocycles. The van der Waals surface area contributed by atoms with Crippen molar-refractivity contribution in [1.82, 2.24) is 20.4 Å². The van der Waals surface area contributed by atoms with Crippen LogP contribution in [0.25, 0.3) is 22.3 Å². The Bertz CT molecular complexity index is 1040. The summed E-state index contributed by atoms with van der Waals surface area (Å²) in [6.45, 7) is 0.0515. The fourth-order valence-corrected chi connectivity index (χ4v) is 2.68. The molecular weight excluding hydrogens is 332 g/mol. The number of aliphatic hydroxyl groups excluding tert-OH is 1. The second-order valence-corrected chi connectivity index (χ2v) is 5.84. The number of H-pyrrole nitrogens is 1. The molecule has 3 N–H and O–H groups in total. The highest BCUT2D eigenvalue weighted by Gasteiger charge is 2.17. The number of nitrogens with one attached hydrogen (secondary N) is 2. The third-order valence-electron chi connectivity index (χ3n) is 4.07. The average Bonchev–Trinajstić information content (AvgIpc) is 3.35. The lowest BCUT2D eigenvalue weighted by atomic mass is 10.1. The van der Waals surface area contributed by atoms with E-state index in [4.69, 9.17) is 4.52 Å². The van der Waals surface area contributed by atoms with Gasteiger partial charge in [-0.15, -0.1) is 0 Å². The fraction of sp³-hybridized carbons (Fsp3) is 0.105. The Morgan fingerprint density at radius 3 is 2.88 bits per heavy atom. The predicted molar refractivity (Wildman–Crippen MR) is 95.3 cm³/mol. The van der Waals surface area contributed by atoms with Crippen molar-refractivity contribution in [3.05, 3.63) is 72.2 Å². The van der Waals surface area contributed by atoms with Crippen LogP contribution in [0, 0.1) is 0 Å². The molecule has 0 aliphatic carbocycles. The zero-order valence-electron chi connectivity index (χ0n) is 13.7. The van der Waals surface area contributed by atoms with E-state index in [-0.39, 0.29) is 12.4 Å². The van der Waals surface area contributed by atoms with Crippen LogP contribution in [0.3, 0.4) is 0 Å². The van der Waals surface area contributed by atoms with Gasteiger partial charge in [0, 0.05) is 29.2 Å². The highest BCUT2D eigenvalue weighted by Crippen LogP contribution is 2.21. The number of rotatable bonds is 5. The van der Waals surface area contributed by atoms with E-state index in [1.807, 2.05) is 48.7 Å². The number of fused-ring (bicyclic) bond motifs is 1. The van der Waals surface area contributed by atoms with Gasteiger partial charge in [-0.25, -0.2) is 0 Å². The molecule has 0 aliphatic heterocycles. The first kappa shape index (κ1) is 16.0. The summed E-state index contributed by atoms with van der Waals surface area (Å²) in [5, 5.41) is 17.6. The summed E-state index contributed by atoms with van der Waals surface area (Å²) in [6.07, 6.45) is 1.04. The molecule has 0 saturated carbocycles. The van der Waals surface area contributed by atoms with E-state index in [0.717, 1.165) is 22.0 Å². The number of aromatic nitrogens is 3. The summed E-state index contributed by atoms with van der Waals surface area (Å²) in [7, 11) is 0. The summed E-state index contributed by atoms with van der Waals surface area (Å²) < 4.78 is 5.05. The van der Waals surface area contributed by atoms with E-state index in [2.05, 4.69) is 20.4 Å². The van der Waals surface area contributed by atoms with Gasteiger partial charge in [0.25, 0.3) is 0 Å². The van der Waals surface area contributed by atoms with Gasteiger partial charge in [0.1, 0.15) is 0 Å². The van der Waals surface area contributed by atoms with E-state index < -0.39 is 12.0 Å². The van der Waals surface area contributed by atoms with Crippen LogP contribution >= 0.6 is 0 Å². The lowest BCUT2D eigenvalue weighted by Crippen LogP contribution is -2.28. The van der Waals surface area contributed by atoms with Crippen molar-refractivity contribution in [3.8, 4) is 11.4 Å². The summed E-state index contributed by atoms with van der Waals surface area (Å²) in [4.78, 5) is 19.4. The van der Waals surface area contributed by atoms with Crippen molar-refractivity contribution < 1.29 is 14.4 Å². The molecule has 0 radical (unpaired) electrons. The maximum Gasteiger partial charge on any atom is 0.316 e. The number of hydrogen-bond acceptors (Lipinski definition) is 5. The van der Waals surface area contributed by atoms with Crippen LogP contribution in [-0.2, 0) is 0 Å². The van der Waals surface area contributed by atoms with E-state index in [1.165, 1.54) is 0 Å². The number of aliphatic hydroxyl groups is 1. The van der Waals surface area contributed by atoms with Gasteiger partial charge in [-0.2, -0.15) is 4.98 Å². The zero-order chi connectivity index (χ0) is 17.9. The minimum Gasteiger partial charge on any atom is -0.387 e. The molecule has 0 unspecified atom stereocenters. The predicted octanol–water partition coefficient (Wildman–Crippen LogP) is 2.68. The quantitative estimate of drug-likeness (QED) is 0.514. The van der Waals surface area contributed by atoms with Crippen LogP contribution in [0.5, 0.6) is 0 Å². The molecule has 0 spiro atoms. The Kier molecular flexibility index (Phi) is 4.20. The Morgan fingerprint density at radius 1 is 1.19 bits per heavy atom. The normalized spacial score (nSPS) is 12.2. The zero-order valence-corrected chi connectivity index (χ0v) is 13.7. The number of benzene rings is 2. The Hall–Kier alpha value is -3.45. The summed E-state index contributed by atoms with van der Waals surface area (Å²) in [5.74, 6) is -0.335. The van der Waals surface area contributed by atoms with Crippen LogP contribution in [-0.4, -0.2) is 32.7 Å². The van der Waals surface area contributed by atoms with Gasteiger partial charge >= 0.3 is 11.8 Å². The van der Waals surface area contributed by atoms with Gasteiger partial charge in [0.05, 0.1) is 6.10 Å². The SMILES string of the molecule is O=C(NC[C@H](O)c1ccccc1)c1nc(-c2ccc3[nH]ccc3c2)no1. The van der Waals surface area contributed by atoms with Gasteiger partial charge in [-0.05, 0) is 29.8 Å². The summed E-state index contributed by atoms with van der Waals surface area (Å²) >= 11 is 0. The van der Waals surface area contributed by atoms with Gasteiger partial charge in [-0.1, -0.05) is 35.5 Å². The van der Waals surface area contributed by atoms with Crippen molar-refractivity contribution in [1.29, 1.82) is 0 Å². The highest BCUT2D eigenvalue weighted by molar-refractivity contribution is 5.90. The van der Waals surface area contributed by atoms with Gasteiger partial charge < -0.3 is 19.9 Å². The molecule has 2 aromatic heterocycles. The molecule has 26 heavy (non-hydrogen) atoms. The Labute approximate surface area is 148 Å². The molecule has 7 nitrogen and oxygen atoms in total. The minimum atomic E-state index is -0.807. The van der Waals surface area contributed by atoms with Crippen LogP contribution < -0.4 is 5.32 Å². The summed E-state index contributed by atoms with van der Waals surface area (Å²) in [5.41, 5.74) is 2.48. The highest BCUT2D eigenvalue weighted by atomic mass is 16.5. The maximum atomic E-state index is 12.2. The second-order valence-electron chi connectivity index (χ2n) is 5.84. The number of carbonyl (C=O) groups is 1. The van der Waals surface area contributed by atoms with Gasteiger partial charge in [0.15, 0.2) is 0 Å². The number of amides is 1. The second kappa shape index (κ2) is 6.81. The average molecular weight is 348 g/mol. The van der Waals surface area contributed by atoms with Crippen molar-refractivity contribution in [2.24, 2.45) is 0 Å². The Balaban J connectivity index is 1.44. The molecule has 0 fully saturated rings. The van der Waals surface area contributed by atoms with E-state index in [9.17, 15) is 9.90 Å². The topological polar surface area (TPSA) is 104 Å². The lowest BCUT2D eigenvalue weighted by Gasteiger charge is -2.10. The van der Waals surface area contributed by atoms with Crippen LogP contribution in [0.1, 0.15) is 22.4 Å². The summed E-state index contributed by atoms with van der Waals surface area (Å²) in [6, 6.07) is 16.7. The Morgan fingerprint density at radius 2 is 2.04 bits per heavy atom. The molecule has 130 valence electrons. The van der Waals surface area contributed by atoms with Crippen molar-refractivity contribution in [2.45, 2.75) is 6.10 Å². The van der Waals surface area contributed by atoms with Crippen molar-refractivity contribution in [2.75, 3.05) is 6.54 Å². The van der Waals surface area contributed by atoms with Crippen LogP contribution in [0.15, 0.2) is 65.3 Å². The number of carbonyl (C=O) groups excluding carboxylic acids is 1. The molecule has 0 saturated heterocycles. The molecule has 4 rings (SSSR count). The van der Waals surface area contributed by atoms with Crippen LogP contribution in [0.2, 0.25) is 0 Å². The number of nitrogens with zero attached hydrogens (tertiary/aromatic N) is 2. The first-order chi connectivity index (χ1) is 12.7. The van der Waals surface area contributed by atoms with E-state index in [0.29, 0.717) is 5.82 Å². The molecule has 2 aromatic carbocycles. The lowest BCUT2D eigenvalue weighted by molar-refractivity contribution is 0.0873. The van der Waals surface area contributed by atoms with E-state index >= 15 is 0 Å². The molecule has 7 heteroatoms. The smallest absolute Gasteiger partial charge is 0.316 e. The maximum absolute atomic E-state index is 12.2. The van der Waals surface area contributed by atoms with Gasteiger partial charge in [0.2, 0.25) is 5.82 Å². The number of aromatic amines is 1. The molecule has 1 amide bonds. The molecule has 0 aliphatic rings. The molecule has 1 atom stereocenters. The molecule has 0 bridgehead atoms. The van der Waals surface area contributed by atoms with E-state index in [1.54, 1.807) is 12.1 Å². The standard InChI is InChI=1S/C19H16N4O3/c24-16(12-4-2-1-3-5-12)11-21-18(25)19-22-17(23-26-19)14-6-7-15-13(10-14)8-9-20-15/h1-10,16,20,24H,11H2,(H,21,25)/t16-/m0/s1. The van der Waals surface area contributed by atoms with Crippen LogP contribution in [0.4, 0.5) is 0 Å². The first-order valence-corrected chi connectivity index (χ1v) is 8.13. The minimum absolute atomic E-state index is 0.0515. The van der Waals surface area contributed by atoms with Crippen molar-refractivity contribution >= 4 is 16.8 Å². The fourth-order valence-electron chi connectivity index (χ4n) is 2.68. The third-order valence-corrected chi connectivity index (χ3v) is 4.07. The third kappa shape index (κ3) is 3.20. The first-order valence-electron chi connectivity index (χ1n) is 8.13. The number of hydrogen-bond donors (Lipinski definition) is 3. The largest absolute Gasteiger partial charge is 0.387 e. The monoisotopic (exact) mass is 348 g/mol. The molecular formula is C19H16N4O3. The molecule has 4 aromatic rings. The van der Waals surface area contributed by atoms with Gasteiger partial charge in [-0.3, -0.25) is 4.79 Å². The van der Waals surface area contributed by atoms with Crippen molar-refractivity contribution in [3.63, 3.8) is 0 Å².